The quantitative estimate of drug-likeness (QED) is 0.526. The number of aromatic amines is 1. The van der Waals surface area contributed by atoms with Crippen molar-refractivity contribution in [3.63, 3.8) is 0 Å². The van der Waals surface area contributed by atoms with Crippen LogP contribution < -0.4 is 10.9 Å². The summed E-state index contributed by atoms with van der Waals surface area (Å²) in [4.78, 5) is 30.5. The second kappa shape index (κ2) is 6.73. The van der Waals surface area contributed by atoms with Crippen LogP contribution in [0.4, 0.5) is 10.2 Å². The second-order valence-corrected chi connectivity index (χ2v) is 7.12. The van der Waals surface area contributed by atoms with Crippen molar-refractivity contribution in [1.29, 1.82) is 0 Å². The second-order valence-electron chi connectivity index (χ2n) is 7.12. The van der Waals surface area contributed by atoms with E-state index in [1.54, 1.807) is 24.3 Å². The molecule has 0 amide bonds. The fourth-order valence-corrected chi connectivity index (χ4v) is 3.39. The van der Waals surface area contributed by atoms with Gasteiger partial charge in [0.1, 0.15) is 11.6 Å². The van der Waals surface area contributed by atoms with Crippen molar-refractivity contribution in [2.24, 2.45) is 0 Å². The molecule has 148 valence electrons. The highest BCUT2D eigenvalue weighted by molar-refractivity contribution is 5.89. The standard InChI is InChI=1S/C21H18FN3O4/c1-11-13(8-12(20(28)29)9-15(11)22)16-10-23-19(27)18(24-16)25-21(6-7-21)14-4-2-3-5-17(14)26/h2-5,8-10,26H,6-7H2,1H3,(H,23,27)(H,24,25)(H,28,29). The van der Waals surface area contributed by atoms with Crippen LogP contribution in [0.15, 0.2) is 47.4 Å². The van der Waals surface area contributed by atoms with Crippen LogP contribution in [0.5, 0.6) is 5.75 Å². The van der Waals surface area contributed by atoms with Gasteiger partial charge in [-0.15, -0.1) is 0 Å². The molecule has 4 N–H and O–H groups in total. The number of phenols is 1. The lowest BCUT2D eigenvalue weighted by atomic mass is 10.0. The van der Waals surface area contributed by atoms with Crippen LogP contribution in [0.2, 0.25) is 0 Å². The smallest absolute Gasteiger partial charge is 0.335 e. The molecule has 7 nitrogen and oxygen atoms in total. The minimum Gasteiger partial charge on any atom is -0.508 e. The molecule has 1 fully saturated rings. The number of aromatic hydroxyl groups is 1. The van der Waals surface area contributed by atoms with Gasteiger partial charge in [0.25, 0.3) is 5.56 Å². The number of anilines is 1. The van der Waals surface area contributed by atoms with E-state index >= 15 is 0 Å². The lowest BCUT2D eigenvalue weighted by Crippen LogP contribution is -2.25. The van der Waals surface area contributed by atoms with E-state index < -0.39 is 22.9 Å². The fourth-order valence-electron chi connectivity index (χ4n) is 3.39. The minimum atomic E-state index is -1.26. The molecule has 1 aliphatic carbocycles. The number of hydrogen-bond acceptors (Lipinski definition) is 5. The number of benzene rings is 2. The number of halogens is 1. The van der Waals surface area contributed by atoms with Crippen LogP contribution in [0.3, 0.4) is 0 Å². The number of carboxylic acid groups (broad SMARTS) is 1. The summed E-state index contributed by atoms with van der Waals surface area (Å²) < 4.78 is 14.2. The Morgan fingerprint density at radius 2 is 2.00 bits per heavy atom. The molecule has 0 saturated heterocycles. The van der Waals surface area contributed by atoms with Crippen molar-refractivity contribution < 1.29 is 19.4 Å². The predicted molar refractivity (Wildman–Crippen MR) is 105 cm³/mol. The Balaban J connectivity index is 1.76. The Morgan fingerprint density at radius 3 is 2.66 bits per heavy atom. The van der Waals surface area contributed by atoms with Gasteiger partial charge in [-0.05, 0) is 43.5 Å². The molecule has 1 aromatic heterocycles. The maximum absolute atomic E-state index is 14.2. The first kappa shape index (κ1) is 18.7. The Bertz CT molecular complexity index is 1180. The van der Waals surface area contributed by atoms with E-state index in [-0.39, 0.29) is 34.0 Å². The average Bonchev–Trinajstić information content (AvgIpc) is 3.46. The highest BCUT2D eigenvalue weighted by Crippen LogP contribution is 2.50. The fraction of sp³-hybridized carbons (Fsp3) is 0.190. The molecule has 0 atom stereocenters. The number of nitrogens with zero attached hydrogens (tertiary/aromatic N) is 1. The molecule has 8 heteroatoms. The van der Waals surface area contributed by atoms with Gasteiger partial charge in [-0.2, -0.15) is 0 Å². The first-order valence-corrected chi connectivity index (χ1v) is 9.01. The summed E-state index contributed by atoms with van der Waals surface area (Å²) in [5, 5.41) is 22.5. The highest BCUT2D eigenvalue weighted by Gasteiger charge is 2.46. The molecule has 29 heavy (non-hydrogen) atoms. The summed E-state index contributed by atoms with van der Waals surface area (Å²) in [5.74, 6) is -1.79. The zero-order valence-corrected chi connectivity index (χ0v) is 15.5. The predicted octanol–water partition coefficient (Wildman–Crippen LogP) is 3.39. The monoisotopic (exact) mass is 395 g/mol. The van der Waals surface area contributed by atoms with E-state index in [1.807, 2.05) is 0 Å². The van der Waals surface area contributed by atoms with Gasteiger partial charge in [-0.1, -0.05) is 18.2 Å². The van der Waals surface area contributed by atoms with Gasteiger partial charge in [0.05, 0.1) is 16.8 Å². The summed E-state index contributed by atoms with van der Waals surface area (Å²) in [7, 11) is 0. The van der Waals surface area contributed by atoms with Gasteiger partial charge in [-0.25, -0.2) is 14.2 Å². The maximum Gasteiger partial charge on any atom is 0.335 e. The van der Waals surface area contributed by atoms with Crippen molar-refractivity contribution in [2.75, 3.05) is 5.32 Å². The van der Waals surface area contributed by atoms with Crippen molar-refractivity contribution >= 4 is 11.8 Å². The Hall–Kier alpha value is -3.68. The molecule has 3 aromatic rings. The number of nitrogens with one attached hydrogen (secondary N) is 2. The van der Waals surface area contributed by atoms with Crippen molar-refractivity contribution in [3.05, 3.63) is 75.5 Å². The number of aromatic carboxylic acids is 1. The molecule has 2 aromatic carbocycles. The zero-order valence-electron chi connectivity index (χ0n) is 15.5. The summed E-state index contributed by atoms with van der Waals surface area (Å²) >= 11 is 0. The zero-order chi connectivity index (χ0) is 20.8. The number of para-hydroxylation sites is 1. The Morgan fingerprint density at radius 1 is 1.28 bits per heavy atom. The number of aromatic nitrogens is 2. The summed E-state index contributed by atoms with van der Waals surface area (Å²) in [5.41, 5.74) is 0.118. The van der Waals surface area contributed by atoms with E-state index in [1.165, 1.54) is 19.2 Å². The maximum atomic E-state index is 14.2. The van der Waals surface area contributed by atoms with Crippen LogP contribution in [0, 0.1) is 12.7 Å². The molecule has 1 heterocycles. The van der Waals surface area contributed by atoms with Crippen molar-refractivity contribution in [3.8, 4) is 17.0 Å². The van der Waals surface area contributed by atoms with Gasteiger partial charge in [0, 0.05) is 17.3 Å². The molecule has 1 aliphatic rings. The van der Waals surface area contributed by atoms with Crippen molar-refractivity contribution in [1.82, 2.24) is 9.97 Å². The Labute approximate surface area is 164 Å². The van der Waals surface area contributed by atoms with Crippen LogP contribution in [-0.2, 0) is 5.54 Å². The number of H-pyrrole nitrogens is 1. The van der Waals surface area contributed by atoms with Crippen LogP contribution in [0.25, 0.3) is 11.3 Å². The van der Waals surface area contributed by atoms with Gasteiger partial charge in [0.2, 0.25) is 0 Å². The molecule has 0 aliphatic heterocycles. The van der Waals surface area contributed by atoms with Crippen LogP contribution >= 0.6 is 0 Å². The molecular formula is C21H18FN3O4. The molecule has 1 saturated carbocycles. The topological polar surface area (TPSA) is 115 Å². The summed E-state index contributed by atoms with van der Waals surface area (Å²) in [6.07, 6.45) is 2.73. The largest absolute Gasteiger partial charge is 0.508 e. The lowest BCUT2D eigenvalue weighted by molar-refractivity contribution is 0.0696. The first-order chi connectivity index (χ1) is 13.8. The molecule has 0 spiro atoms. The first-order valence-electron chi connectivity index (χ1n) is 9.01. The van der Waals surface area contributed by atoms with E-state index in [4.69, 9.17) is 0 Å². The van der Waals surface area contributed by atoms with Gasteiger partial charge >= 0.3 is 5.97 Å². The van der Waals surface area contributed by atoms with Crippen molar-refractivity contribution in [2.45, 2.75) is 25.3 Å². The van der Waals surface area contributed by atoms with Gasteiger partial charge < -0.3 is 20.5 Å². The number of phenolic OH excluding ortho intramolecular Hbond substituents is 1. The molecule has 0 radical (unpaired) electrons. The Kier molecular flexibility index (Phi) is 4.34. The number of rotatable bonds is 5. The third-order valence-electron chi connectivity index (χ3n) is 5.18. The SMILES string of the molecule is Cc1c(F)cc(C(=O)O)cc1-c1c[nH]c(=O)c(NC2(c3ccccc3O)CC2)n1. The van der Waals surface area contributed by atoms with Crippen LogP contribution in [-0.4, -0.2) is 26.2 Å². The third-order valence-corrected chi connectivity index (χ3v) is 5.18. The van der Waals surface area contributed by atoms with Gasteiger partial charge in [-0.3, -0.25) is 4.79 Å². The number of carboxylic acids is 1. The van der Waals surface area contributed by atoms with E-state index in [0.29, 0.717) is 18.4 Å². The average molecular weight is 395 g/mol. The molecular weight excluding hydrogens is 377 g/mol. The third kappa shape index (κ3) is 3.33. The number of hydrogen-bond donors (Lipinski definition) is 4. The number of carbonyl (C=O) groups is 1. The van der Waals surface area contributed by atoms with Crippen LogP contribution in [0.1, 0.15) is 34.3 Å². The normalized spacial score (nSPS) is 14.4. The minimum absolute atomic E-state index is 0.0174. The summed E-state index contributed by atoms with van der Waals surface area (Å²) in [6, 6.07) is 9.14. The lowest BCUT2D eigenvalue weighted by Gasteiger charge is -2.19. The highest BCUT2D eigenvalue weighted by atomic mass is 19.1. The molecule has 0 bridgehead atoms. The molecule has 0 unspecified atom stereocenters. The van der Waals surface area contributed by atoms with E-state index in [0.717, 1.165) is 6.07 Å². The van der Waals surface area contributed by atoms with E-state index in [2.05, 4.69) is 15.3 Å². The molecule has 4 rings (SSSR count). The van der Waals surface area contributed by atoms with E-state index in [9.17, 15) is 24.2 Å². The van der Waals surface area contributed by atoms with Gasteiger partial charge in [0.15, 0.2) is 5.82 Å². The summed E-state index contributed by atoms with van der Waals surface area (Å²) in [6.45, 7) is 1.51.